The zero-order valence-electron chi connectivity index (χ0n) is 9.25. The molecule has 1 aliphatic heterocycles. The van der Waals surface area contributed by atoms with Gasteiger partial charge >= 0.3 is 0 Å². The highest BCUT2D eigenvalue weighted by atomic mass is 79.9. The SMILES string of the molecule is Nc1ccc(Br)nc1N1CCC2(CC1)CC2. The molecule has 1 spiro atoms. The molecule has 1 aromatic heterocycles. The van der Waals surface area contributed by atoms with E-state index >= 15 is 0 Å². The fourth-order valence-corrected chi connectivity index (χ4v) is 2.86. The number of hydrogen-bond acceptors (Lipinski definition) is 3. The van der Waals surface area contributed by atoms with Crippen LogP contribution >= 0.6 is 15.9 Å². The van der Waals surface area contributed by atoms with Gasteiger partial charge in [0.25, 0.3) is 0 Å². The Morgan fingerprint density at radius 2 is 1.88 bits per heavy atom. The first-order chi connectivity index (χ1) is 7.69. The Morgan fingerprint density at radius 3 is 2.50 bits per heavy atom. The van der Waals surface area contributed by atoms with E-state index < -0.39 is 0 Å². The summed E-state index contributed by atoms with van der Waals surface area (Å²) >= 11 is 3.40. The van der Waals surface area contributed by atoms with Crippen molar-refractivity contribution in [3.8, 4) is 0 Å². The Morgan fingerprint density at radius 1 is 1.19 bits per heavy atom. The molecule has 2 heterocycles. The van der Waals surface area contributed by atoms with Crippen LogP contribution in [0.3, 0.4) is 0 Å². The summed E-state index contributed by atoms with van der Waals surface area (Å²) in [5.74, 6) is 0.949. The molecule has 0 radical (unpaired) electrons. The predicted octanol–water partition coefficient (Wildman–Crippen LogP) is 2.81. The van der Waals surface area contributed by atoms with Crippen LogP contribution in [-0.4, -0.2) is 18.1 Å². The first-order valence-electron chi connectivity index (χ1n) is 5.86. The lowest BCUT2D eigenvalue weighted by Crippen LogP contribution is -2.35. The quantitative estimate of drug-likeness (QED) is 0.805. The van der Waals surface area contributed by atoms with Gasteiger partial charge in [-0.3, -0.25) is 0 Å². The molecule has 1 saturated carbocycles. The zero-order valence-corrected chi connectivity index (χ0v) is 10.8. The normalized spacial score (nSPS) is 22.4. The minimum Gasteiger partial charge on any atom is -0.396 e. The standard InChI is InChI=1S/C12H16BrN3/c13-10-2-1-9(14)11(15-10)16-7-5-12(3-4-12)6-8-16/h1-2H,3-8,14H2. The number of pyridine rings is 1. The molecule has 0 bridgehead atoms. The second kappa shape index (κ2) is 3.62. The number of rotatable bonds is 1. The van der Waals surface area contributed by atoms with Crippen LogP contribution in [0.15, 0.2) is 16.7 Å². The van der Waals surface area contributed by atoms with Crippen LogP contribution in [0.2, 0.25) is 0 Å². The Hall–Kier alpha value is -0.770. The maximum absolute atomic E-state index is 5.98. The highest BCUT2D eigenvalue weighted by molar-refractivity contribution is 9.10. The van der Waals surface area contributed by atoms with E-state index in [0.717, 1.165) is 29.2 Å². The van der Waals surface area contributed by atoms with Crippen molar-refractivity contribution in [3.63, 3.8) is 0 Å². The average molecular weight is 282 g/mol. The summed E-state index contributed by atoms with van der Waals surface area (Å²) in [5, 5.41) is 0. The van der Waals surface area contributed by atoms with Gasteiger partial charge in [0, 0.05) is 13.1 Å². The van der Waals surface area contributed by atoms with Crippen LogP contribution in [0.1, 0.15) is 25.7 Å². The molecule has 2 fully saturated rings. The van der Waals surface area contributed by atoms with E-state index in [1.807, 2.05) is 12.1 Å². The molecule has 1 saturated heterocycles. The van der Waals surface area contributed by atoms with Gasteiger partial charge in [-0.1, -0.05) is 0 Å². The Kier molecular flexibility index (Phi) is 2.35. The number of nitrogen functional groups attached to an aromatic ring is 1. The van der Waals surface area contributed by atoms with E-state index in [2.05, 4.69) is 25.8 Å². The van der Waals surface area contributed by atoms with Crippen molar-refractivity contribution in [2.24, 2.45) is 5.41 Å². The van der Waals surface area contributed by atoms with E-state index in [4.69, 9.17) is 5.73 Å². The highest BCUT2D eigenvalue weighted by Gasteiger charge is 2.44. The smallest absolute Gasteiger partial charge is 0.153 e. The molecule has 4 heteroatoms. The zero-order chi connectivity index (χ0) is 11.2. The van der Waals surface area contributed by atoms with Gasteiger partial charge < -0.3 is 10.6 Å². The molecule has 2 aliphatic rings. The molecule has 3 nitrogen and oxygen atoms in total. The van der Waals surface area contributed by atoms with E-state index in [0.29, 0.717) is 5.41 Å². The van der Waals surface area contributed by atoms with Crippen molar-refractivity contribution in [3.05, 3.63) is 16.7 Å². The Bertz CT molecular complexity index is 405. The maximum atomic E-state index is 5.98. The molecule has 2 N–H and O–H groups in total. The number of nitrogens with two attached hydrogens (primary N) is 1. The molecular weight excluding hydrogens is 266 g/mol. The summed E-state index contributed by atoms with van der Waals surface area (Å²) in [5.41, 5.74) is 7.47. The molecule has 0 aromatic carbocycles. The lowest BCUT2D eigenvalue weighted by molar-refractivity contribution is 0.383. The van der Waals surface area contributed by atoms with Crippen molar-refractivity contribution in [1.29, 1.82) is 0 Å². The number of piperidine rings is 1. The van der Waals surface area contributed by atoms with Crippen LogP contribution in [0.25, 0.3) is 0 Å². The monoisotopic (exact) mass is 281 g/mol. The first-order valence-corrected chi connectivity index (χ1v) is 6.65. The topological polar surface area (TPSA) is 42.1 Å². The summed E-state index contributed by atoms with van der Waals surface area (Å²) < 4.78 is 0.864. The van der Waals surface area contributed by atoms with Crippen molar-refractivity contribution in [2.45, 2.75) is 25.7 Å². The molecule has 1 aromatic rings. The number of aromatic nitrogens is 1. The van der Waals surface area contributed by atoms with Gasteiger partial charge in [0.2, 0.25) is 0 Å². The van der Waals surface area contributed by atoms with Crippen molar-refractivity contribution < 1.29 is 0 Å². The second-order valence-corrected chi connectivity index (χ2v) is 5.85. The third kappa shape index (κ3) is 1.79. The Balaban J connectivity index is 1.79. The van der Waals surface area contributed by atoms with Crippen LogP contribution < -0.4 is 10.6 Å². The van der Waals surface area contributed by atoms with Gasteiger partial charge in [-0.15, -0.1) is 0 Å². The average Bonchev–Trinajstić information content (AvgIpc) is 3.03. The third-order valence-corrected chi connectivity index (χ3v) is 4.39. The lowest BCUT2D eigenvalue weighted by Gasteiger charge is -2.33. The lowest BCUT2D eigenvalue weighted by atomic mass is 9.94. The summed E-state index contributed by atoms with van der Waals surface area (Å²) in [6, 6.07) is 3.82. The fraction of sp³-hybridized carbons (Fsp3) is 0.583. The van der Waals surface area contributed by atoms with Gasteiger partial charge in [0.05, 0.1) is 5.69 Å². The van der Waals surface area contributed by atoms with Crippen molar-refractivity contribution in [2.75, 3.05) is 23.7 Å². The van der Waals surface area contributed by atoms with Gasteiger partial charge in [0.15, 0.2) is 5.82 Å². The predicted molar refractivity (Wildman–Crippen MR) is 69.5 cm³/mol. The molecular formula is C12H16BrN3. The largest absolute Gasteiger partial charge is 0.396 e. The molecule has 1 aliphatic carbocycles. The van der Waals surface area contributed by atoms with Crippen molar-refractivity contribution >= 4 is 27.4 Å². The number of nitrogens with zero attached hydrogens (tertiary/aromatic N) is 2. The second-order valence-electron chi connectivity index (χ2n) is 5.03. The number of hydrogen-bond donors (Lipinski definition) is 1. The number of halogens is 1. The van der Waals surface area contributed by atoms with Gasteiger partial charge in [-0.05, 0) is 59.2 Å². The van der Waals surface area contributed by atoms with E-state index in [1.54, 1.807) is 0 Å². The molecule has 0 amide bonds. The molecule has 0 atom stereocenters. The van der Waals surface area contributed by atoms with Gasteiger partial charge in [-0.2, -0.15) is 0 Å². The summed E-state index contributed by atoms with van der Waals surface area (Å²) in [6.07, 6.45) is 5.48. The van der Waals surface area contributed by atoms with E-state index in [9.17, 15) is 0 Å². The van der Waals surface area contributed by atoms with Crippen molar-refractivity contribution in [1.82, 2.24) is 4.98 Å². The van der Waals surface area contributed by atoms with E-state index in [1.165, 1.54) is 25.7 Å². The molecule has 86 valence electrons. The molecule has 3 rings (SSSR count). The van der Waals surface area contributed by atoms with Crippen LogP contribution in [0, 0.1) is 5.41 Å². The Labute approximate surface area is 104 Å². The highest BCUT2D eigenvalue weighted by Crippen LogP contribution is 2.54. The molecule has 16 heavy (non-hydrogen) atoms. The van der Waals surface area contributed by atoms with Crippen LogP contribution in [0.4, 0.5) is 11.5 Å². The summed E-state index contributed by atoms with van der Waals surface area (Å²) in [7, 11) is 0. The molecule has 0 unspecified atom stereocenters. The van der Waals surface area contributed by atoms with Crippen LogP contribution in [-0.2, 0) is 0 Å². The van der Waals surface area contributed by atoms with Crippen LogP contribution in [0.5, 0.6) is 0 Å². The van der Waals surface area contributed by atoms with Gasteiger partial charge in [0.1, 0.15) is 4.60 Å². The summed E-state index contributed by atoms with van der Waals surface area (Å²) in [6.45, 7) is 2.21. The minimum atomic E-state index is 0.706. The maximum Gasteiger partial charge on any atom is 0.153 e. The first kappa shape index (κ1) is 10.4. The minimum absolute atomic E-state index is 0.706. The number of anilines is 2. The fourth-order valence-electron chi connectivity index (χ4n) is 2.56. The third-order valence-electron chi connectivity index (χ3n) is 3.95. The van der Waals surface area contributed by atoms with Gasteiger partial charge in [-0.25, -0.2) is 4.98 Å². The summed E-state index contributed by atoms with van der Waals surface area (Å²) in [4.78, 5) is 6.81. The van der Waals surface area contributed by atoms with E-state index in [-0.39, 0.29) is 0 Å².